The molecule has 2 N–H and O–H groups in total. The van der Waals surface area contributed by atoms with Crippen molar-refractivity contribution < 1.29 is 13.5 Å². The van der Waals surface area contributed by atoms with Crippen molar-refractivity contribution in [1.82, 2.24) is 14.3 Å². The molecule has 1 aromatic carbocycles. The summed E-state index contributed by atoms with van der Waals surface area (Å²) in [4.78, 5) is 3.75. The van der Waals surface area contributed by atoms with Gasteiger partial charge in [0.15, 0.2) is 0 Å². The van der Waals surface area contributed by atoms with E-state index in [4.69, 9.17) is 11.6 Å². The first-order chi connectivity index (χ1) is 9.90. The van der Waals surface area contributed by atoms with E-state index in [1.807, 2.05) is 30.3 Å². The van der Waals surface area contributed by atoms with E-state index in [1.54, 1.807) is 7.05 Å². The molecule has 0 aliphatic rings. The first kappa shape index (κ1) is 16.0. The van der Waals surface area contributed by atoms with Crippen molar-refractivity contribution >= 4 is 21.6 Å². The molecular weight excluding hydrogens is 314 g/mol. The Morgan fingerprint density at radius 3 is 2.62 bits per heavy atom. The molecule has 0 saturated heterocycles. The number of imidazole rings is 1. The molecular formula is C13H16ClN3O3S. The van der Waals surface area contributed by atoms with Crippen LogP contribution >= 0.6 is 11.6 Å². The van der Waals surface area contributed by atoms with Crippen LogP contribution in [0.1, 0.15) is 5.56 Å². The summed E-state index contributed by atoms with van der Waals surface area (Å²) in [6, 6.07) is 9.34. The van der Waals surface area contributed by atoms with E-state index < -0.39 is 16.1 Å². The van der Waals surface area contributed by atoms with Crippen LogP contribution in [0.3, 0.4) is 0 Å². The van der Waals surface area contributed by atoms with Gasteiger partial charge in [-0.25, -0.2) is 18.1 Å². The summed E-state index contributed by atoms with van der Waals surface area (Å²) in [5.41, 5.74) is 0.931. The van der Waals surface area contributed by atoms with Crippen molar-refractivity contribution in [2.75, 3.05) is 6.54 Å². The lowest BCUT2D eigenvalue weighted by Gasteiger charge is -2.11. The van der Waals surface area contributed by atoms with Crippen LogP contribution in [-0.4, -0.2) is 35.7 Å². The average Bonchev–Trinajstić information content (AvgIpc) is 2.79. The monoisotopic (exact) mass is 329 g/mol. The Bertz CT molecular complexity index is 701. The van der Waals surface area contributed by atoms with E-state index in [-0.39, 0.29) is 16.7 Å². The van der Waals surface area contributed by atoms with E-state index >= 15 is 0 Å². The number of aliphatic hydroxyl groups excluding tert-OH is 1. The molecule has 1 unspecified atom stereocenters. The Labute approximate surface area is 128 Å². The number of sulfonamides is 1. The highest BCUT2D eigenvalue weighted by atomic mass is 35.5. The summed E-state index contributed by atoms with van der Waals surface area (Å²) in [6.45, 7) is -0.107. The van der Waals surface area contributed by atoms with Crippen molar-refractivity contribution in [3.05, 3.63) is 47.4 Å². The topological polar surface area (TPSA) is 84.2 Å². The zero-order chi connectivity index (χ0) is 15.5. The van der Waals surface area contributed by atoms with Crippen LogP contribution in [0.2, 0.25) is 5.15 Å². The second-order valence-corrected chi connectivity index (χ2v) is 6.69. The standard InChI is InChI=1S/C13H16ClN3O3S/c1-17-9-15-13(12(17)14)21(19,20)16-8-11(18)7-10-5-3-2-4-6-10/h2-6,9,11,16,18H,7-8H2,1H3. The Balaban J connectivity index is 1.97. The lowest BCUT2D eigenvalue weighted by atomic mass is 10.1. The van der Waals surface area contributed by atoms with Gasteiger partial charge in [-0.2, -0.15) is 0 Å². The Morgan fingerprint density at radius 1 is 1.38 bits per heavy atom. The first-order valence-corrected chi connectivity index (χ1v) is 8.15. The quantitative estimate of drug-likeness (QED) is 0.826. The molecule has 0 amide bonds. The van der Waals surface area contributed by atoms with Gasteiger partial charge in [-0.3, -0.25) is 0 Å². The highest BCUT2D eigenvalue weighted by molar-refractivity contribution is 7.89. The number of rotatable bonds is 6. The van der Waals surface area contributed by atoms with E-state index in [1.165, 1.54) is 10.9 Å². The maximum absolute atomic E-state index is 12.0. The number of benzene rings is 1. The molecule has 0 aliphatic carbocycles. The van der Waals surface area contributed by atoms with Crippen LogP contribution in [0.4, 0.5) is 0 Å². The molecule has 114 valence electrons. The van der Waals surface area contributed by atoms with Gasteiger partial charge in [0.05, 0.1) is 12.4 Å². The molecule has 1 atom stereocenters. The molecule has 0 spiro atoms. The third-order valence-corrected chi connectivity index (χ3v) is 4.82. The molecule has 1 aromatic heterocycles. The molecule has 2 aromatic rings. The molecule has 8 heteroatoms. The summed E-state index contributed by atoms with van der Waals surface area (Å²) >= 11 is 5.86. The van der Waals surface area contributed by atoms with Crippen LogP contribution in [0, 0.1) is 0 Å². The van der Waals surface area contributed by atoms with E-state index in [9.17, 15) is 13.5 Å². The van der Waals surface area contributed by atoms with Gasteiger partial charge >= 0.3 is 0 Å². The van der Waals surface area contributed by atoms with Gasteiger partial charge in [-0.1, -0.05) is 41.9 Å². The van der Waals surface area contributed by atoms with Crippen LogP contribution in [0.5, 0.6) is 0 Å². The summed E-state index contributed by atoms with van der Waals surface area (Å²) in [5, 5.41) is 9.69. The van der Waals surface area contributed by atoms with Crippen LogP contribution < -0.4 is 4.72 Å². The number of aryl methyl sites for hydroxylation is 1. The predicted molar refractivity (Wildman–Crippen MR) is 79.6 cm³/mol. The SMILES string of the molecule is Cn1cnc(S(=O)(=O)NCC(O)Cc2ccccc2)c1Cl. The number of aromatic nitrogens is 2. The summed E-state index contributed by atoms with van der Waals surface area (Å²) in [6.07, 6.45) is 0.848. The lowest BCUT2D eigenvalue weighted by molar-refractivity contribution is 0.179. The second-order valence-electron chi connectivity index (χ2n) is 4.65. The molecule has 0 saturated carbocycles. The van der Waals surface area contributed by atoms with E-state index in [2.05, 4.69) is 9.71 Å². The molecule has 0 aliphatic heterocycles. The minimum atomic E-state index is -3.83. The summed E-state index contributed by atoms with van der Waals surface area (Å²) < 4.78 is 27.8. The fraction of sp³-hybridized carbons (Fsp3) is 0.308. The summed E-state index contributed by atoms with van der Waals surface area (Å²) in [7, 11) is -2.24. The van der Waals surface area contributed by atoms with Crippen LogP contribution in [0.25, 0.3) is 0 Å². The van der Waals surface area contributed by atoms with Crippen LogP contribution in [-0.2, 0) is 23.5 Å². The zero-order valence-electron chi connectivity index (χ0n) is 11.4. The molecule has 21 heavy (non-hydrogen) atoms. The third kappa shape index (κ3) is 4.04. The van der Waals surface area contributed by atoms with Crippen LogP contribution in [0.15, 0.2) is 41.7 Å². The Hall–Kier alpha value is -1.41. The number of nitrogens with one attached hydrogen (secondary N) is 1. The molecule has 0 radical (unpaired) electrons. The van der Waals surface area contributed by atoms with Gasteiger partial charge in [0, 0.05) is 13.6 Å². The average molecular weight is 330 g/mol. The van der Waals surface area contributed by atoms with Crippen molar-refractivity contribution in [1.29, 1.82) is 0 Å². The normalized spacial score (nSPS) is 13.3. The van der Waals surface area contributed by atoms with E-state index in [0.29, 0.717) is 6.42 Å². The lowest BCUT2D eigenvalue weighted by Crippen LogP contribution is -2.33. The minimum absolute atomic E-state index is 0.0278. The maximum Gasteiger partial charge on any atom is 0.261 e. The molecule has 6 nitrogen and oxygen atoms in total. The van der Waals surface area contributed by atoms with Gasteiger partial charge in [-0.15, -0.1) is 0 Å². The Morgan fingerprint density at radius 2 is 2.05 bits per heavy atom. The second kappa shape index (κ2) is 6.57. The van der Waals surface area contributed by atoms with Gasteiger partial charge in [0.2, 0.25) is 5.03 Å². The number of halogens is 1. The maximum atomic E-state index is 12.0. The first-order valence-electron chi connectivity index (χ1n) is 6.28. The summed E-state index contributed by atoms with van der Waals surface area (Å²) in [5.74, 6) is 0. The number of hydrogen-bond donors (Lipinski definition) is 2. The fourth-order valence-electron chi connectivity index (χ4n) is 1.81. The highest BCUT2D eigenvalue weighted by Crippen LogP contribution is 2.18. The fourth-order valence-corrected chi connectivity index (χ4v) is 3.30. The number of hydrogen-bond acceptors (Lipinski definition) is 4. The smallest absolute Gasteiger partial charge is 0.261 e. The van der Waals surface area contributed by atoms with Crippen molar-refractivity contribution in [2.45, 2.75) is 17.6 Å². The predicted octanol–water partition coefficient (Wildman–Crippen LogP) is 0.955. The highest BCUT2D eigenvalue weighted by Gasteiger charge is 2.23. The molecule has 0 bridgehead atoms. The van der Waals surface area contributed by atoms with Crippen molar-refractivity contribution in [3.8, 4) is 0 Å². The van der Waals surface area contributed by atoms with E-state index in [0.717, 1.165) is 5.56 Å². The zero-order valence-corrected chi connectivity index (χ0v) is 13.0. The van der Waals surface area contributed by atoms with Crippen molar-refractivity contribution in [2.24, 2.45) is 7.05 Å². The minimum Gasteiger partial charge on any atom is -0.391 e. The molecule has 1 heterocycles. The third-order valence-electron chi connectivity index (χ3n) is 2.91. The molecule has 2 rings (SSSR count). The van der Waals surface area contributed by atoms with Gasteiger partial charge in [0.25, 0.3) is 10.0 Å². The van der Waals surface area contributed by atoms with Gasteiger partial charge in [0.1, 0.15) is 5.15 Å². The van der Waals surface area contributed by atoms with Gasteiger partial charge in [-0.05, 0) is 12.0 Å². The largest absolute Gasteiger partial charge is 0.391 e. The molecule has 0 fully saturated rings. The number of nitrogens with zero attached hydrogens (tertiary/aromatic N) is 2. The van der Waals surface area contributed by atoms with Crippen molar-refractivity contribution in [3.63, 3.8) is 0 Å². The van der Waals surface area contributed by atoms with Gasteiger partial charge < -0.3 is 9.67 Å². The number of aliphatic hydroxyl groups is 1. The Kier molecular flexibility index (Phi) is 5.00.